The van der Waals surface area contributed by atoms with Gasteiger partial charge >= 0.3 is 0 Å². The number of hydrogen-bond donors (Lipinski definition) is 2. The molecule has 4 rings (SSSR count). The topological polar surface area (TPSA) is 87.1 Å². The summed E-state index contributed by atoms with van der Waals surface area (Å²) in [6.45, 7) is 4.14. The number of benzene rings is 3. The van der Waals surface area contributed by atoms with E-state index >= 15 is 0 Å². The fraction of sp³-hybridized carbons (Fsp3) is 0.303. The Kier molecular flexibility index (Phi) is 11.8. The van der Waals surface area contributed by atoms with E-state index in [9.17, 15) is 19.8 Å². The molecule has 0 amide bonds. The third-order valence-corrected chi connectivity index (χ3v) is 7.11. The average molecular weight is 560 g/mol. The standard InChI is InChI=1S/C19H17NOS.C14H20O4/c1-14-6-5-9-17(12-14)20(2)19(22)21-18-11-10-15-7-3-4-8-16(15)13-18;1-2-3-4-5-6-7-10-8-12(16)14(18)13(17)11(10)9-15/h3-13H,1-2H3;4-7,9-12,14,16,18H,2-3,8H2,1H3. The van der Waals surface area contributed by atoms with Crippen LogP contribution >= 0.6 is 12.2 Å². The van der Waals surface area contributed by atoms with Crippen LogP contribution in [0.4, 0.5) is 5.69 Å². The summed E-state index contributed by atoms with van der Waals surface area (Å²) in [4.78, 5) is 24.4. The largest absolute Gasteiger partial charge is 0.432 e. The number of ketones is 1. The highest BCUT2D eigenvalue weighted by molar-refractivity contribution is 7.80. The molecule has 210 valence electrons. The van der Waals surface area contributed by atoms with Gasteiger partial charge in [-0.1, -0.05) is 80.1 Å². The molecule has 4 unspecified atom stereocenters. The Balaban J connectivity index is 0.000000226. The van der Waals surface area contributed by atoms with E-state index in [1.807, 2.05) is 66.6 Å². The molecular weight excluding hydrogens is 522 g/mol. The van der Waals surface area contributed by atoms with Crippen LogP contribution in [0.5, 0.6) is 5.75 Å². The highest BCUT2D eigenvalue weighted by Gasteiger charge is 2.41. The maximum Gasteiger partial charge on any atom is 0.269 e. The first-order chi connectivity index (χ1) is 19.2. The number of aliphatic hydroxyl groups is 2. The van der Waals surface area contributed by atoms with E-state index in [4.69, 9.17) is 17.0 Å². The lowest BCUT2D eigenvalue weighted by atomic mass is 9.76. The fourth-order valence-electron chi connectivity index (χ4n) is 4.41. The van der Waals surface area contributed by atoms with Crippen molar-refractivity contribution in [3.05, 3.63) is 96.6 Å². The second kappa shape index (κ2) is 15.2. The average Bonchev–Trinajstić information content (AvgIpc) is 2.96. The summed E-state index contributed by atoms with van der Waals surface area (Å²) in [7, 11) is 1.91. The van der Waals surface area contributed by atoms with Crippen LogP contribution in [0.25, 0.3) is 10.8 Å². The molecule has 0 radical (unpaired) electrons. The molecule has 3 aromatic carbocycles. The van der Waals surface area contributed by atoms with Crippen molar-refractivity contribution in [3.8, 4) is 5.75 Å². The van der Waals surface area contributed by atoms with Gasteiger partial charge in [-0.3, -0.25) is 4.79 Å². The third kappa shape index (κ3) is 8.42. The number of nitrogens with zero attached hydrogens (tertiary/aromatic N) is 1. The van der Waals surface area contributed by atoms with E-state index in [2.05, 4.69) is 38.1 Å². The number of fused-ring (bicyclic) bond motifs is 1. The predicted octanol–water partition coefficient (Wildman–Crippen LogP) is 5.97. The van der Waals surface area contributed by atoms with Gasteiger partial charge in [0.1, 0.15) is 18.1 Å². The Morgan fingerprint density at radius 2 is 1.80 bits per heavy atom. The monoisotopic (exact) mass is 559 g/mol. The molecule has 1 aliphatic carbocycles. The van der Waals surface area contributed by atoms with Gasteiger partial charge in [0.25, 0.3) is 5.17 Å². The van der Waals surface area contributed by atoms with Crippen LogP contribution in [0.2, 0.25) is 0 Å². The Morgan fingerprint density at radius 3 is 2.50 bits per heavy atom. The number of aryl methyl sites for hydroxylation is 1. The van der Waals surface area contributed by atoms with Crippen molar-refractivity contribution in [2.24, 2.45) is 11.8 Å². The molecule has 7 heteroatoms. The van der Waals surface area contributed by atoms with E-state index in [1.165, 1.54) is 10.9 Å². The number of carbonyl (C=O) groups excluding carboxylic acids is 2. The number of allylic oxidation sites excluding steroid dienone is 4. The number of anilines is 1. The number of thiocarbonyl (C=S) groups is 1. The number of unbranched alkanes of at least 4 members (excludes halogenated alkanes) is 1. The first-order valence-corrected chi connectivity index (χ1v) is 13.9. The van der Waals surface area contributed by atoms with Gasteiger partial charge in [-0.05, 0) is 78.5 Å². The molecule has 2 N–H and O–H groups in total. The molecule has 0 saturated heterocycles. The minimum Gasteiger partial charge on any atom is -0.432 e. The molecule has 1 aliphatic rings. The number of hydrogen-bond acceptors (Lipinski definition) is 6. The van der Waals surface area contributed by atoms with Gasteiger partial charge in [0.15, 0.2) is 5.78 Å². The number of aldehydes is 1. The molecular formula is C33H37NO5S. The van der Waals surface area contributed by atoms with Gasteiger partial charge in [0.2, 0.25) is 0 Å². The summed E-state index contributed by atoms with van der Waals surface area (Å²) in [5, 5.41) is 21.7. The minimum atomic E-state index is -1.43. The van der Waals surface area contributed by atoms with Gasteiger partial charge in [0.05, 0.1) is 12.0 Å². The maximum atomic E-state index is 11.6. The number of rotatable bonds is 7. The molecule has 0 heterocycles. The quantitative estimate of drug-likeness (QED) is 0.160. The van der Waals surface area contributed by atoms with Crippen molar-refractivity contribution in [1.82, 2.24) is 0 Å². The minimum absolute atomic E-state index is 0.231. The lowest BCUT2D eigenvalue weighted by molar-refractivity contribution is -0.146. The highest BCUT2D eigenvalue weighted by atomic mass is 32.1. The van der Waals surface area contributed by atoms with Gasteiger partial charge < -0.3 is 24.6 Å². The van der Waals surface area contributed by atoms with Crippen molar-refractivity contribution in [3.63, 3.8) is 0 Å². The molecule has 3 aromatic rings. The summed E-state index contributed by atoms with van der Waals surface area (Å²) in [6.07, 6.45) is 7.72. The van der Waals surface area contributed by atoms with Crippen LogP contribution in [0.1, 0.15) is 31.7 Å². The Hall–Kier alpha value is -3.65. The Bertz CT molecular complexity index is 1370. The van der Waals surface area contributed by atoms with Crippen LogP contribution in [0.3, 0.4) is 0 Å². The maximum absolute atomic E-state index is 11.6. The molecule has 6 nitrogen and oxygen atoms in total. The van der Waals surface area contributed by atoms with Crippen LogP contribution in [0, 0.1) is 18.8 Å². The summed E-state index contributed by atoms with van der Waals surface area (Å²) < 4.78 is 5.84. The highest BCUT2D eigenvalue weighted by Crippen LogP contribution is 2.28. The summed E-state index contributed by atoms with van der Waals surface area (Å²) in [5.41, 5.74) is 2.21. The summed E-state index contributed by atoms with van der Waals surface area (Å²) >= 11 is 5.41. The van der Waals surface area contributed by atoms with E-state index in [1.54, 1.807) is 12.2 Å². The van der Waals surface area contributed by atoms with Crippen LogP contribution in [-0.4, -0.2) is 46.7 Å². The molecule has 40 heavy (non-hydrogen) atoms. The van der Waals surface area contributed by atoms with E-state index < -0.39 is 23.9 Å². The molecule has 1 saturated carbocycles. The number of ether oxygens (including phenoxy) is 1. The Morgan fingerprint density at radius 1 is 1.05 bits per heavy atom. The first-order valence-electron chi connectivity index (χ1n) is 13.4. The number of aliphatic hydroxyl groups excluding tert-OH is 2. The molecule has 1 fully saturated rings. The normalized spacial score (nSPS) is 20.8. The zero-order valence-electron chi connectivity index (χ0n) is 23.1. The zero-order valence-corrected chi connectivity index (χ0v) is 24.0. The van der Waals surface area contributed by atoms with Crippen molar-refractivity contribution >= 4 is 45.9 Å². The third-order valence-electron chi connectivity index (χ3n) is 6.76. The second-order valence-corrected chi connectivity index (χ2v) is 10.2. The second-order valence-electron chi connectivity index (χ2n) is 9.85. The van der Waals surface area contributed by atoms with Crippen LogP contribution < -0.4 is 9.64 Å². The molecule has 0 bridgehead atoms. The van der Waals surface area contributed by atoms with Crippen molar-refractivity contribution in [1.29, 1.82) is 0 Å². The van der Waals surface area contributed by atoms with Crippen LogP contribution in [-0.2, 0) is 9.59 Å². The van der Waals surface area contributed by atoms with Gasteiger partial charge in [-0.25, -0.2) is 0 Å². The SMILES string of the molecule is CCCC=CC=CC1CC(O)C(O)C(=O)C1C=O.Cc1cccc(N(C)C(=S)Oc2ccc3ccccc3c2)c1. The van der Waals surface area contributed by atoms with E-state index in [0.717, 1.165) is 29.7 Å². The fourth-order valence-corrected chi connectivity index (χ4v) is 4.61. The van der Waals surface area contributed by atoms with Crippen molar-refractivity contribution in [2.75, 3.05) is 11.9 Å². The molecule has 0 spiro atoms. The zero-order chi connectivity index (χ0) is 29.1. The lowest BCUT2D eigenvalue weighted by Crippen LogP contribution is -2.47. The predicted molar refractivity (Wildman–Crippen MR) is 165 cm³/mol. The lowest BCUT2D eigenvalue weighted by Gasteiger charge is -2.31. The number of carbonyl (C=O) groups is 2. The van der Waals surface area contributed by atoms with Crippen molar-refractivity contribution < 1.29 is 24.5 Å². The first kappa shape index (κ1) is 30.9. The van der Waals surface area contributed by atoms with Crippen LogP contribution in [0.15, 0.2) is 91.0 Å². The van der Waals surface area contributed by atoms with Gasteiger partial charge in [0, 0.05) is 12.7 Å². The van der Waals surface area contributed by atoms with E-state index in [-0.39, 0.29) is 12.3 Å². The molecule has 0 aliphatic heterocycles. The van der Waals surface area contributed by atoms with E-state index in [0.29, 0.717) is 11.5 Å². The molecule has 0 aromatic heterocycles. The molecule has 4 atom stereocenters. The van der Waals surface area contributed by atoms with Crippen molar-refractivity contribution in [2.45, 2.75) is 45.3 Å². The smallest absolute Gasteiger partial charge is 0.269 e. The summed E-state index contributed by atoms with van der Waals surface area (Å²) in [5.74, 6) is -1.02. The number of Topliss-reactive ketones (excluding diaryl/α,β-unsaturated/α-hetero) is 1. The summed E-state index contributed by atoms with van der Waals surface area (Å²) in [6, 6.07) is 22.3. The van der Waals surface area contributed by atoms with Gasteiger partial charge in [-0.2, -0.15) is 0 Å². The Labute approximate surface area is 241 Å². The van der Waals surface area contributed by atoms with Gasteiger partial charge in [-0.15, -0.1) is 0 Å².